The van der Waals surface area contributed by atoms with E-state index >= 15 is 0 Å². The number of aryl methyl sites for hydroxylation is 1. The molecule has 0 saturated carbocycles. The molecule has 0 spiro atoms. The molecule has 0 radical (unpaired) electrons. The Morgan fingerprint density at radius 2 is 2.06 bits per heavy atom. The van der Waals surface area contributed by atoms with Gasteiger partial charge in [-0.15, -0.1) is 12.3 Å². The molecule has 1 aromatic carbocycles. The van der Waals surface area contributed by atoms with Crippen LogP contribution in [-0.2, 0) is 6.42 Å². The summed E-state index contributed by atoms with van der Waals surface area (Å²) in [5.74, 6) is 2.25. The summed E-state index contributed by atoms with van der Waals surface area (Å²) in [5.41, 5.74) is 2.77. The Morgan fingerprint density at radius 1 is 1.33 bits per heavy atom. The van der Waals surface area contributed by atoms with E-state index in [4.69, 9.17) is 0 Å². The van der Waals surface area contributed by atoms with E-state index in [0.29, 0.717) is 6.04 Å². The molecule has 3 rings (SSSR count). The fraction of sp³-hybridized carbons (Fsp3) is 0.312. The summed E-state index contributed by atoms with van der Waals surface area (Å²) in [6.45, 7) is 1.65. The Kier molecular flexibility index (Phi) is 4.20. The molecule has 2 aromatic rings. The second-order valence-electron chi connectivity index (χ2n) is 4.40. The van der Waals surface area contributed by atoms with E-state index in [-0.39, 0.29) is 0 Å². The summed E-state index contributed by atoms with van der Waals surface area (Å²) in [7, 11) is 0. The van der Waals surface area contributed by atoms with Crippen molar-refractivity contribution >= 4 is 0 Å². The lowest BCUT2D eigenvalue weighted by Gasteiger charge is -2.25. The third kappa shape index (κ3) is 2.62. The minimum atomic E-state index is 0.498. The van der Waals surface area contributed by atoms with Gasteiger partial charge in [0.1, 0.15) is 0 Å². The molecule has 2 heterocycles. The number of hydrogen-bond donors (Lipinski definition) is 0. The van der Waals surface area contributed by atoms with Gasteiger partial charge in [-0.3, -0.25) is 0 Å². The number of hydrogen-bond acceptors (Lipinski definition) is 1. The van der Waals surface area contributed by atoms with E-state index in [9.17, 15) is 0 Å². The summed E-state index contributed by atoms with van der Waals surface area (Å²) in [6.07, 6.45) is 12.2. The van der Waals surface area contributed by atoms with Crippen LogP contribution >= 0.6 is 0 Å². The minimum absolute atomic E-state index is 0.498. The summed E-state index contributed by atoms with van der Waals surface area (Å²) < 4.78 is 2.32. The van der Waals surface area contributed by atoms with Gasteiger partial charge in [0.15, 0.2) is 0 Å². The van der Waals surface area contributed by atoms with Gasteiger partial charge in [-0.05, 0) is 31.7 Å². The van der Waals surface area contributed by atoms with Crippen LogP contribution in [0.15, 0.2) is 42.9 Å². The minimum Gasteiger partial charge on any atom is -0.327 e. The quantitative estimate of drug-likeness (QED) is 0.696. The van der Waals surface area contributed by atoms with Crippen LogP contribution in [0.2, 0.25) is 0 Å². The third-order valence-corrected chi connectivity index (χ3v) is 3.18. The van der Waals surface area contributed by atoms with Crippen LogP contribution in [0.4, 0.5) is 0 Å². The zero-order chi connectivity index (χ0) is 12.8. The average Bonchev–Trinajstić information content (AvgIpc) is 2.89. The van der Waals surface area contributed by atoms with Crippen molar-refractivity contribution < 1.29 is 0 Å². The van der Waals surface area contributed by atoms with Crippen LogP contribution in [0.5, 0.6) is 0 Å². The van der Waals surface area contributed by atoms with E-state index < -0.39 is 0 Å². The molecule has 0 aliphatic carbocycles. The topological polar surface area (TPSA) is 17.8 Å². The van der Waals surface area contributed by atoms with Gasteiger partial charge >= 0.3 is 0 Å². The second-order valence-corrected chi connectivity index (χ2v) is 4.40. The van der Waals surface area contributed by atoms with E-state index in [1.807, 2.05) is 12.5 Å². The second kappa shape index (κ2) is 6.07. The number of nitrogens with zero attached hydrogens (tertiary/aromatic N) is 2. The van der Waals surface area contributed by atoms with Gasteiger partial charge in [0.05, 0.1) is 12.4 Å². The van der Waals surface area contributed by atoms with Gasteiger partial charge in [0.2, 0.25) is 0 Å². The van der Waals surface area contributed by atoms with Gasteiger partial charge in [-0.25, -0.2) is 4.98 Å². The van der Waals surface area contributed by atoms with Gasteiger partial charge in [0, 0.05) is 11.9 Å². The van der Waals surface area contributed by atoms with Crippen LogP contribution in [0, 0.1) is 12.3 Å². The predicted octanol–water partition coefficient (Wildman–Crippen LogP) is 3.45. The summed E-state index contributed by atoms with van der Waals surface area (Å²) in [4.78, 5) is 4.24. The van der Waals surface area contributed by atoms with Gasteiger partial charge < -0.3 is 4.57 Å². The average molecular weight is 238 g/mol. The molecule has 1 aliphatic heterocycles. The molecule has 0 N–H and O–H groups in total. The smallest absolute Gasteiger partial charge is 0.0953 e. The number of rotatable bonds is 1. The first-order valence-electron chi connectivity index (χ1n) is 6.29. The molecule has 0 saturated heterocycles. The van der Waals surface area contributed by atoms with Crippen LogP contribution < -0.4 is 0 Å². The standard InChI is InChI=1S/C13H14N2.C3H4/c1-2-5-11(6-3-1)13-8-4-7-12-9-14-10-15(12)13;1-3-2/h1-3,5-6,9-10,13H,4,7-8H2;1H,2H3. The Hall–Kier alpha value is -2.01. The highest BCUT2D eigenvalue weighted by molar-refractivity contribution is 5.22. The predicted molar refractivity (Wildman–Crippen MR) is 74.3 cm³/mol. The molecular weight excluding hydrogens is 220 g/mol. The van der Waals surface area contributed by atoms with Crippen molar-refractivity contribution in [2.24, 2.45) is 0 Å². The van der Waals surface area contributed by atoms with Gasteiger partial charge in [0.25, 0.3) is 0 Å². The van der Waals surface area contributed by atoms with Crippen LogP contribution in [-0.4, -0.2) is 9.55 Å². The van der Waals surface area contributed by atoms with Crippen LogP contribution in [0.1, 0.15) is 37.1 Å². The number of fused-ring (bicyclic) bond motifs is 1. The third-order valence-electron chi connectivity index (χ3n) is 3.18. The Morgan fingerprint density at radius 3 is 2.78 bits per heavy atom. The fourth-order valence-corrected chi connectivity index (χ4v) is 2.42. The molecule has 1 aliphatic rings. The molecule has 0 bridgehead atoms. The largest absolute Gasteiger partial charge is 0.327 e. The first-order valence-corrected chi connectivity index (χ1v) is 6.29. The highest BCUT2D eigenvalue weighted by Gasteiger charge is 2.20. The molecule has 18 heavy (non-hydrogen) atoms. The Bertz CT molecular complexity index is 520. The summed E-state index contributed by atoms with van der Waals surface area (Å²) in [6, 6.07) is 11.2. The molecule has 2 nitrogen and oxygen atoms in total. The van der Waals surface area contributed by atoms with E-state index in [1.165, 1.54) is 30.5 Å². The molecule has 2 heteroatoms. The molecule has 1 atom stereocenters. The fourth-order valence-electron chi connectivity index (χ4n) is 2.42. The molecule has 0 amide bonds. The highest BCUT2D eigenvalue weighted by Crippen LogP contribution is 2.29. The number of aromatic nitrogens is 2. The maximum absolute atomic E-state index is 4.60. The van der Waals surface area contributed by atoms with E-state index in [0.717, 1.165) is 0 Å². The molecule has 92 valence electrons. The lowest BCUT2D eigenvalue weighted by molar-refractivity contribution is 0.458. The first kappa shape index (κ1) is 12.4. The van der Waals surface area contributed by atoms with Crippen molar-refractivity contribution in [1.82, 2.24) is 9.55 Å². The summed E-state index contributed by atoms with van der Waals surface area (Å²) >= 11 is 0. The molecule has 1 aromatic heterocycles. The van der Waals surface area contributed by atoms with Crippen molar-refractivity contribution in [1.29, 1.82) is 0 Å². The highest BCUT2D eigenvalue weighted by atomic mass is 15.1. The van der Waals surface area contributed by atoms with Crippen molar-refractivity contribution in [3.05, 3.63) is 54.1 Å². The van der Waals surface area contributed by atoms with Gasteiger partial charge in [-0.1, -0.05) is 30.3 Å². The Balaban J connectivity index is 0.000000367. The molecule has 0 fully saturated rings. The normalized spacial score (nSPS) is 17.0. The zero-order valence-electron chi connectivity index (χ0n) is 10.7. The first-order chi connectivity index (χ1) is 8.86. The van der Waals surface area contributed by atoms with Crippen LogP contribution in [0.25, 0.3) is 0 Å². The molecule has 1 unspecified atom stereocenters. The van der Waals surface area contributed by atoms with Crippen molar-refractivity contribution in [2.75, 3.05) is 0 Å². The maximum atomic E-state index is 4.60. The number of imidazole rings is 1. The van der Waals surface area contributed by atoms with Crippen LogP contribution in [0.3, 0.4) is 0 Å². The van der Waals surface area contributed by atoms with Crippen molar-refractivity contribution in [3.63, 3.8) is 0 Å². The zero-order valence-corrected chi connectivity index (χ0v) is 10.7. The maximum Gasteiger partial charge on any atom is 0.0953 e. The number of terminal acetylenes is 1. The monoisotopic (exact) mass is 238 g/mol. The summed E-state index contributed by atoms with van der Waals surface area (Å²) in [5, 5.41) is 0. The van der Waals surface area contributed by atoms with Crippen molar-refractivity contribution in [3.8, 4) is 12.3 Å². The van der Waals surface area contributed by atoms with E-state index in [2.05, 4.69) is 52.2 Å². The Labute approximate surface area is 109 Å². The van der Waals surface area contributed by atoms with E-state index in [1.54, 1.807) is 6.92 Å². The van der Waals surface area contributed by atoms with Crippen molar-refractivity contribution in [2.45, 2.75) is 32.2 Å². The SMILES string of the molecule is C#CC.c1ccc(C2CCCc3cncn32)cc1. The lowest BCUT2D eigenvalue weighted by Crippen LogP contribution is -2.17. The molecular formula is C16H18N2. The number of benzene rings is 1. The lowest BCUT2D eigenvalue weighted by atomic mass is 9.96. The van der Waals surface area contributed by atoms with Gasteiger partial charge in [-0.2, -0.15) is 0 Å².